The molecule has 2 heterocycles. The van der Waals surface area contributed by atoms with E-state index in [9.17, 15) is 33.5 Å². The van der Waals surface area contributed by atoms with Crippen LogP contribution in [0.4, 0.5) is 10.1 Å². The van der Waals surface area contributed by atoms with E-state index in [0.29, 0.717) is 31.2 Å². The number of carboxylic acids is 1. The fraction of sp³-hybridized carbons (Fsp3) is 0.417. The summed E-state index contributed by atoms with van der Waals surface area (Å²) in [6.07, 6.45) is 7.53. The van der Waals surface area contributed by atoms with Crippen molar-refractivity contribution in [1.82, 2.24) is 4.90 Å². The Morgan fingerprint density at radius 3 is 2.54 bits per heavy atom. The third-order valence-corrected chi connectivity index (χ3v) is 10.8. The van der Waals surface area contributed by atoms with Crippen LogP contribution in [0, 0.1) is 40.8 Å². The van der Waals surface area contributed by atoms with Gasteiger partial charge in [0.25, 0.3) is 0 Å². The molecule has 6 atom stereocenters. The van der Waals surface area contributed by atoms with E-state index in [1.54, 1.807) is 25.1 Å². The van der Waals surface area contributed by atoms with E-state index in [2.05, 4.69) is 0 Å². The van der Waals surface area contributed by atoms with Gasteiger partial charge in [-0.1, -0.05) is 47.9 Å². The lowest BCUT2D eigenvalue weighted by Crippen LogP contribution is -2.49. The second-order valence-corrected chi connectivity index (χ2v) is 13.5. The van der Waals surface area contributed by atoms with Gasteiger partial charge in [-0.15, -0.1) is 0 Å². The number of likely N-dealkylation sites (tertiary alicyclic amines) is 1. The first-order chi connectivity index (χ1) is 22.9. The summed E-state index contributed by atoms with van der Waals surface area (Å²) in [6.45, 7) is 1.93. The van der Waals surface area contributed by atoms with Crippen LogP contribution in [-0.2, 0) is 24.0 Å². The van der Waals surface area contributed by atoms with Gasteiger partial charge in [0.2, 0.25) is 23.6 Å². The van der Waals surface area contributed by atoms with E-state index in [4.69, 9.17) is 21.4 Å². The first-order valence-electron chi connectivity index (χ1n) is 16.0. The predicted octanol–water partition coefficient (Wildman–Crippen LogP) is 5.61. The highest BCUT2D eigenvalue weighted by Gasteiger charge is 2.66. The number of carbonyl (C=O) groups is 5. The zero-order valence-corrected chi connectivity index (χ0v) is 27.3. The molecule has 2 aliphatic heterocycles. The van der Waals surface area contributed by atoms with E-state index in [0.717, 1.165) is 16.5 Å². The first kappa shape index (κ1) is 33.4. The number of anilines is 1. The van der Waals surface area contributed by atoms with E-state index in [1.165, 1.54) is 30.2 Å². The van der Waals surface area contributed by atoms with Crippen LogP contribution < -0.4 is 9.64 Å². The summed E-state index contributed by atoms with van der Waals surface area (Å²) in [6, 6.07) is 8.49. The lowest BCUT2D eigenvalue weighted by atomic mass is 9.52. The number of ether oxygens (including phenoxy) is 1. The number of rotatable bonds is 10. The van der Waals surface area contributed by atoms with Gasteiger partial charge in [-0.25, -0.2) is 9.29 Å². The zero-order valence-electron chi connectivity index (χ0n) is 26.5. The highest BCUT2D eigenvalue weighted by atomic mass is 35.5. The number of imide groups is 2. The number of hydrogen-bond donors (Lipinski definition) is 2. The molecule has 48 heavy (non-hydrogen) atoms. The van der Waals surface area contributed by atoms with Crippen molar-refractivity contribution in [2.24, 2.45) is 35.0 Å². The molecule has 0 bridgehead atoms. The topological polar surface area (TPSA) is 142 Å². The van der Waals surface area contributed by atoms with Crippen LogP contribution in [-0.4, -0.2) is 58.4 Å². The molecule has 3 fully saturated rings. The molecule has 2 N–H and O–H groups in total. The van der Waals surface area contributed by atoms with Gasteiger partial charge in [0.1, 0.15) is 5.82 Å². The summed E-state index contributed by atoms with van der Waals surface area (Å²) in [5.74, 6) is -6.21. The number of aromatic hydroxyl groups is 1. The Morgan fingerprint density at radius 1 is 1.06 bits per heavy atom. The van der Waals surface area contributed by atoms with Gasteiger partial charge < -0.3 is 14.9 Å². The van der Waals surface area contributed by atoms with Gasteiger partial charge in [-0.3, -0.25) is 28.9 Å². The van der Waals surface area contributed by atoms with Crippen molar-refractivity contribution < 1.29 is 43.3 Å². The van der Waals surface area contributed by atoms with Crippen LogP contribution in [0.2, 0.25) is 5.02 Å². The Bertz CT molecular complexity index is 1770. The number of phenols is 1. The van der Waals surface area contributed by atoms with Gasteiger partial charge in [0.05, 0.1) is 41.0 Å². The van der Waals surface area contributed by atoms with Crippen molar-refractivity contribution >= 4 is 53.0 Å². The van der Waals surface area contributed by atoms with Crippen LogP contribution in [0.3, 0.4) is 0 Å². The van der Waals surface area contributed by atoms with Crippen molar-refractivity contribution in [2.45, 2.75) is 45.4 Å². The Hall–Kier alpha value is -4.51. The molecule has 6 rings (SSSR count). The average Bonchev–Trinajstić information content (AvgIpc) is 3.41. The minimum Gasteiger partial charge on any atom is -0.504 e. The first-order valence-corrected chi connectivity index (χ1v) is 16.4. The fourth-order valence-electron chi connectivity index (χ4n) is 8.10. The number of unbranched alkanes of at least 4 members (excludes halogenated alkanes) is 2. The largest absolute Gasteiger partial charge is 0.504 e. The third kappa shape index (κ3) is 5.47. The second-order valence-electron chi connectivity index (χ2n) is 13.1. The van der Waals surface area contributed by atoms with Crippen molar-refractivity contribution in [3.63, 3.8) is 0 Å². The molecule has 0 radical (unpaired) electrons. The molecule has 1 saturated carbocycles. The van der Waals surface area contributed by atoms with Crippen LogP contribution in [0.15, 0.2) is 54.1 Å². The number of methoxy groups -OCH3 is 1. The number of fused-ring (bicyclic) bond motifs is 4. The monoisotopic (exact) mass is 678 g/mol. The summed E-state index contributed by atoms with van der Waals surface area (Å²) in [4.78, 5) is 69.3. The second kappa shape index (κ2) is 12.8. The lowest BCUT2D eigenvalue weighted by Gasteiger charge is -2.47. The van der Waals surface area contributed by atoms with Crippen LogP contribution in [0.25, 0.3) is 6.08 Å². The normalized spacial score (nSPS) is 28.1. The summed E-state index contributed by atoms with van der Waals surface area (Å²) >= 11 is 6.06. The SMILES string of the molecule is COc1cc(C=C[C@H]2C3=CC[C@@H]4C(=O)N(CCCCCC(=O)O)C(=O)[C@@H]4[C@@H]3C[C@H]3C(=O)N(c4ccc(F)c(Cl)c4)C(=O)[C@@]23C)ccc1O. The number of nitrogens with zero attached hydrogens (tertiary/aromatic N) is 2. The number of hydrogen-bond acceptors (Lipinski definition) is 7. The minimum atomic E-state index is -1.28. The average molecular weight is 679 g/mol. The molecule has 0 unspecified atom stereocenters. The van der Waals surface area contributed by atoms with E-state index in [1.807, 2.05) is 12.2 Å². The molecular weight excluding hydrogens is 643 g/mol. The molecule has 2 aliphatic carbocycles. The molecule has 4 amide bonds. The van der Waals surface area contributed by atoms with E-state index >= 15 is 0 Å². The van der Waals surface area contributed by atoms with Crippen LogP contribution in [0.1, 0.15) is 51.0 Å². The molecule has 12 heteroatoms. The number of carboxylic acid groups (broad SMARTS) is 1. The minimum absolute atomic E-state index is 0.0162. The number of carbonyl (C=O) groups excluding carboxylic acids is 4. The highest BCUT2D eigenvalue weighted by Crippen LogP contribution is 2.61. The maximum Gasteiger partial charge on any atom is 0.303 e. The number of halogens is 2. The maximum absolute atomic E-state index is 14.4. The predicted molar refractivity (Wildman–Crippen MR) is 173 cm³/mol. The molecule has 4 aliphatic rings. The van der Waals surface area contributed by atoms with E-state index in [-0.39, 0.29) is 53.4 Å². The van der Waals surface area contributed by atoms with Gasteiger partial charge in [-0.2, -0.15) is 0 Å². The smallest absolute Gasteiger partial charge is 0.303 e. The molecule has 10 nitrogen and oxygen atoms in total. The lowest BCUT2D eigenvalue weighted by molar-refractivity contribution is -0.141. The molecule has 0 aromatic heterocycles. The summed E-state index contributed by atoms with van der Waals surface area (Å²) < 4.78 is 19.3. The summed E-state index contributed by atoms with van der Waals surface area (Å²) in [7, 11) is 1.43. The Morgan fingerprint density at radius 2 is 1.83 bits per heavy atom. The van der Waals surface area contributed by atoms with Crippen LogP contribution in [0.5, 0.6) is 11.5 Å². The number of phenolic OH excluding ortho intramolecular Hbond substituents is 1. The number of allylic oxidation sites excluding steroid dienone is 3. The molecule has 0 spiro atoms. The molecule has 2 aromatic carbocycles. The highest BCUT2D eigenvalue weighted by molar-refractivity contribution is 6.31. The number of benzene rings is 2. The van der Waals surface area contributed by atoms with Crippen molar-refractivity contribution in [1.29, 1.82) is 0 Å². The third-order valence-electron chi connectivity index (χ3n) is 10.6. The molecule has 2 aromatic rings. The standard InChI is InChI=1S/C36H36ClFN2O8/c1-36-24(12-7-19-8-14-28(41)29(16-19)48-2)21-10-11-22-31(34(46)39(32(22)44)15-5-3-4-6-30(42)43)23(21)18-25(36)33(45)40(35(36)47)20-9-13-27(38)26(37)17-20/h7-10,12-14,16-17,22-25,31,41H,3-6,11,15,18H2,1-2H3,(H,42,43)/t22-,23+,24-,25-,31-,36-/m0/s1. The molecule has 2 saturated heterocycles. The summed E-state index contributed by atoms with van der Waals surface area (Å²) in [5.41, 5.74) is 0.345. The van der Waals surface area contributed by atoms with Crippen LogP contribution >= 0.6 is 11.6 Å². The fourth-order valence-corrected chi connectivity index (χ4v) is 8.28. The summed E-state index contributed by atoms with van der Waals surface area (Å²) in [5, 5.41) is 18.8. The van der Waals surface area contributed by atoms with Gasteiger partial charge in [-0.05, 0) is 74.4 Å². The molecule has 252 valence electrons. The van der Waals surface area contributed by atoms with Crippen molar-refractivity contribution in [3.8, 4) is 11.5 Å². The van der Waals surface area contributed by atoms with E-state index < -0.39 is 58.6 Å². The number of amides is 4. The Balaban J connectivity index is 1.37. The quantitative estimate of drug-likeness (QED) is 0.188. The maximum atomic E-state index is 14.4. The van der Waals surface area contributed by atoms with Gasteiger partial charge >= 0.3 is 5.97 Å². The zero-order chi connectivity index (χ0) is 34.5. The van der Waals surface area contributed by atoms with Gasteiger partial charge in [0, 0.05) is 18.9 Å². The Labute approximate surface area is 281 Å². The van der Waals surface area contributed by atoms with Gasteiger partial charge in [0.15, 0.2) is 11.5 Å². The molecular formula is C36H36ClFN2O8. The van der Waals surface area contributed by atoms with Crippen molar-refractivity contribution in [3.05, 3.63) is 70.5 Å². The number of aliphatic carboxylic acids is 1. The Kier molecular flexibility index (Phi) is 8.93. The van der Waals surface area contributed by atoms with Crippen molar-refractivity contribution in [2.75, 3.05) is 18.6 Å².